The fourth-order valence-corrected chi connectivity index (χ4v) is 1.52. The van der Waals surface area contributed by atoms with Gasteiger partial charge in [-0.05, 0) is 18.9 Å². The molecule has 0 aromatic heterocycles. The van der Waals surface area contributed by atoms with Crippen molar-refractivity contribution >= 4 is 11.9 Å². The van der Waals surface area contributed by atoms with E-state index in [4.69, 9.17) is 5.11 Å². The van der Waals surface area contributed by atoms with Gasteiger partial charge in [-0.15, -0.1) is 6.58 Å². The minimum Gasteiger partial charge on any atom is -0.480 e. The largest absolute Gasteiger partial charge is 0.480 e. The minimum atomic E-state index is -1.05. The maximum Gasteiger partial charge on any atom is 0.326 e. The van der Waals surface area contributed by atoms with Crippen molar-refractivity contribution in [1.82, 2.24) is 5.32 Å². The van der Waals surface area contributed by atoms with Gasteiger partial charge in [-0.25, -0.2) is 4.79 Å². The van der Waals surface area contributed by atoms with Crippen LogP contribution in [0.15, 0.2) is 36.9 Å². The molecule has 0 aliphatic carbocycles. The number of nitrogens with one attached hydrogen (secondary N) is 1. The molecule has 0 saturated heterocycles. The van der Waals surface area contributed by atoms with E-state index in [0.717, 1.165) is 11.1 Å². The maximum absolute atomic E-state index is 11.7. The molecule has 18 heavy (non-hydrogen) atoms. The summed E-state index contributed by atoms with van der Waals surface area (Å²) in [6, 6.07) is 6.65. The number of hydrogen-bond acceptors (Lipinski definition) is 2. The smallest absolute Gasteiger partial charge is 0.326 e. The van der Waals surface area contributed by atoms with Crippen LogP contribution in [0.3, 0.4) is 0 Å². The van der Waals surface area contributed by atoms with Crippen molar-refractivity contribution in [3.8, 4) is 0 Å². The second kappa shape index (κ2) is 6.59. The summed E-state index contributed by atoms with van der Waals surface area (Å²) in [7, 11) is 0. The zero-order valence-electron chi connectivity index (χ0n) is 10.3. The molecule has 0 aliphatic rings. The van der Waals surface area contributed by atoms with Crippen LogP contribution in [-0.4, -0.2) is 23.0 Å². The Morgan fingerprint density at radius 3 is 2.50 bits per heavy atom. The summed E-state index contributed by atoms with van der Waals surface area (Å²) >= 11 is 0. The highest BCUT2D eigenvalue weighted by atomic mass is 16.4. The Kier molecular flexibility index (Phi) is 5.11. The van der Waals surface area contributed by atoms with Gasteiger partial charge in [0.05, 0.1) is 6.42 Å². The number of aryl methyl sites for hydroxylation is 1. The molecular weight excluding hydrogens is 230 g/mol. The Morgan fingerprint density at radius 2 is 2.00 bits per heavy atom. The summed E-state index contributed by atoms with van der Waals surface area (Å²) < 4.78 is 0. The Morgan fingerprint density at radius 1 is 1.39 bits per heavy atom. The third-order valence-electron chi connectivity index (χ3n) is 2.52. The van der Waals surface area contributed by atoms with Crippen molar-refractivity contribution in [2.24, 2.45) is 0 Å². The van der Waals surface area contributed by atoms with Crippen LogP contribution in [0, 0.1) is 6.92 Å². The normalized spacial score (nSPS) is 11.6. The number of carbonyl (C=O) groups is 2. The summed E-state index contributed by atoms with van der Waals surface area (Å²) in [5, 5.41) is 11.4. The van der Waals surface area contributed by atoms with Gasteiger partial charge in [0, 0.05) is 0 Å². The monoisotopic (exact) mass is 247 g/mol. The third kappa shape index (κ3) is 4.41. The first-order valence-electron chi connectivity index (χ1n) is 5.71. The van der Waals surface area contributed by atoms with Crippen LogP contribution < -0.4 is 5.32 Å². The van der Waals surface area contributed by atoms with Crippen molar-refractivity contribution in [2.75, 3.05) is 0 Å². The molecule has 2 N–H and O–H groups in total. The summed E-state index contributed by atoms with van der Waals surface area (Å²) in [6.07, 6.45) is 1.88. The maximum atomic E-state index is 11.7. The van der Waals surface area contributed by atoms with Crippen LogP contribution in [0.4, 0.5) is 0 Å². The highest BCUT2D eigenvalue weighted by Crippen LogP contribution is 2.04. The Bertz CT molecular complexity index is 437. The van der Waals surface area contributed by atoms with Gasteiger partial charge in [0.2, 0.25) is 5.91 Å². The first kappa shape index (κ1) is 14.0. The topological polar surface area (TPSA) is 66.4 Å². The number of carbonyl (C=O) groups excluding carboxylic acids is 1. The third-order valence-corrected chi connectivity index (χ3v) is 2.52. The summed E-state index contributed by atoms with van der Waals surface area (Å²) in [6.45, 7) is 5.44. The Balaban J connectivity index is 2.57. The van der Waals surface area contributed by atoms with Crippen LogP contribution >= 0.6 is 0 Å². The number of rotatable bonds is 6. The molecule has 4 nitrogen and oxygen atoms in total. The van der Waals surface area contributed by atoms with Gasteiger partial charge in [-0.2, -0.15) is 0 Å². The number of benzene rings is 1. The Labute approximate surface area is 106 Å². The average molecular weight is 247 g/mol. The van der Waals surface area contributed by atoms with E-state index in [1.807, 2.05) is 31.2 Å². The molecule has 1 unspecified atom stereocenters. The lowest BCUT2D eigenvalue weighted by Gasteiger charge is -2.12. The van der Waals surface area contributed by atoms with Gasteiger partial charge in [-0.1, -0.05) is 35.9 Å². The van der Waals surface area contributed by atoms with Crippen LogP contribution in [0.1, 0.15) is 17.5 Å². The van der Waals surface area contributed by atoms with Crippen molar-refractivity contribution in [3.05, 3.63) is 48.0 Å². The Hall–Kier alpha value is -2.10. The molecule has 1 amide bonds. The minimum absolute atomic E-state index is 0.182. The van der Waals surface area contributed by atoms with Gasteiger partial charge in [0.1, 0.15) is 6.04 Å². The highest BCUT2D eigenvalue weighted by molar-refractivity contribution is 5.84. The van der Waals surface area contributed by atoms with E-state index in [0.29, 0.717) is 0 Å². The number of carboxylic acid groups (broad SMARTS) is 1. The van der Waals surface area contributed by atoms with E-state index >= 15 is 0 Å². The molecule has 0 radical (unpaired) electrons. The van der Waals surface area contributed by atoms with Crippen LogP contribution in [0.5, 0.6) is 0 Å². The van der Waals surface area contributed by atoms with Crippen molar-refractivity contribution in [3.63, 3.8) is 0 Å². The van der Waals surface area contributed by atoms with Crippen molar-refractivity contribution < 1.29 is 14.7 Å². The second-order valence-corrected chi connectivity index (χ2v) is 4.15. The molecule has 0 bridgehead atoms. The van der Waals surface area contributed by atoms with E-state index in [1.165, 1.54) is 6.08 Å². The van der Waals surface area contributed by atoms with E-state index in [1.54, 1.807) is 0 Å². The quantitative estimate of drug-likeness (QED) is 0.752. The molecule has 4 heteroatoms. The molecule has 0 spiro atoms. The fourth-order valence-electron chi connectivity index (χ4n) is 1.52. The molecule has 96 valence electrons. The van der Waals surface area contributed by atoms with E-state index in [-0.39, 0.29) is 18.7 Å². The number of amides is 1. The molecule has 0 aliphatic heterocycles. The van der Waals surface area contributed by atoms with E-state index < -0.39 is 12.0 Å². The zero-order chi connectivity index (χ0) is 13.5. The fraction of sp³-hybridized carbons (Fsp3) is 0.286. The predicted molar refractivity (Wildman–Crippen MR) is 69.3 cm³/mol. The molecule has 0 fully saturated rings. The molecular formula is C14H17NO3. The van der Waals surface area contributed by atoms with Gasteiger partial charge in [0.25, 0.3) is 0 Å². The molecule has 0 saturated carbocycles. The first-order chi connectivity index (χ1) is 8.52. The van der Waals surface area contributed by atoms with Crippen LogP contribution in [0.2, 0.25) is 0 Å². The summed E-state index contributed by atoms with van der Waals surface area (Å²) in [5.74, 6) is -1.35. The van der Waals surface area contributed by atoms with Gasteiger partial charge >= 0.3 is 5.97 Å². The molecule has 0 heterocycles. The van der Waals surface area contributed by atoms with Crippen LogP contribution in [0.25, 0.3) is 0 Å². The second-order valence-electron chi connectivity index (χ2n) is 4.15. The molecule has 1 aromatic carbocycles. The number of hydrogen-bond donors (Lipinski definition) is 2. The zero-order valence-corrected chi connectivity index (χ0v) is 10.3. The van der Waals surface area contributed by atoms with Gasteiger partial charge in [0.15, 0.2) is 0 Å². The van der Waals surface area contributed by atoms with Crippen molar-refractivity contribution in [2.45, 2.75) is 25.8 Å². The summed E-state index contributed by atoms with van der Waals surface area (Å²) in [5.41, 5.74) is 1.98. The molecule has 1 aromatic rings. The highest BCUT2D eigenvalue weighted by Gasteiger charge is 2.18. The lowest BCUT2D eigenvalue weighted by atomic mass is 10.1. The van der Waals surface area contributed by atoms with Gasteiger partial charge in [-0.3, -0.25) is 4.79 Å². The van der Waals surface area contributed by atoms with E-state index in [9.17, 15) is 9.59 Å². The lowest BCUT2D eigenvalue weighted by Crippen LogP contribution is -2.41. The van der Waals surface area contributed by atoms with E-state index in [2.05, 4.69) is 11.9 Å². The lowest BCUT2D eigenvalue weighted by molar-refractivity contribution is -0.141. The SMILES string of the molecule is C=CCC(NC(=O)Cc1ccc(C)cc1)C(=O)O. The number of carboxylic acids is 1. The van der Waals surface area contributed by atoms with Crippen LogP contribution in [-0.2, 0) is 16.0 Å². The molecule has 1 atom stereocenters. The number of aliphatic carboxylic acids is 1. The van der Waals surface area contributed by atoms with Gasteiger partial charge < -0.3 is 10.4 Å². The summed E-state index contributed by atoms with van der Waals surface area (Å²) in [4.78, 5) is 22.5. The predicted octanol–water partition coefficient (Wildman–Crippen LogP) is 1.68. The van der Waals surface area contributed by atoms with Crippen molar-refractivity contribution in [1.29, 1.82) is 0 Å². The molecule has 1 rings (SSSR count). The standard InChI is InChI=1S/C14H17NO3/c1-3-4-12(14(17)18)15-13(16)9-11-7-5-10(2)6-8-11/h3,5-8,12H,1,4,9H2,2H3,(H,15,16)(H,17,18). The first-order valence-corrected chi connectivity index (χ1v) is 5.71. The average Bonchev–Trinajstić information content (AvgIpc) is 2.31.